The van der Waals surface area contributed by atoms with Crippen LogP contribution in [0, 0.1) is 25.2 Å². The molecule has 2 rings (SSSR count). The third-order valence-electron chi connectivity index (χ3n) is 2.90. The number of hydrogen-bond donors (Lipinski definition) is 1. The number of amides is 1. The van der Waals surface area contributed by atoms with E-state index in [1.54, 1.807) is 12.1 Å². The monoisotopic (exact) mass is 412 g/mol. The van der Waals surface area contributed by atoms with Crippen molar-refractivity contribution in [2.24, 2.45) is 0 Å². The summed E-state index contributed by atoms with van der Waals surface area (Å²) in [5.74, 6) is -0.240. The van der Waals surface area contributed by atoms with Crippen LogP contribution in [0.4, 0.5) is 5.00 Å². The first-order valence-corrected chi connectivity index (χ1v) is 8.10. The van der Waals surface area contributed by atoms with E-state index in [1.165, 1.54) is 11.3 Å². The standard InChI is InChI=1S/C14H10Br2N2OS/c1-7-8(2)20-14(11(7)6-17)18-13(19)10-5-9(15)3-4-12(10)16/h3-5H,1-2H3,(H,18,19). The smallest absolute Gasteiger partial charge is 0.257 e. The summed E-state index contributed by atoms with van der Waals surface area (Å²) in [6.45, 7) is 3.82. The van der Waals surface area contributed by atoms with E-state index in [4.69, 9.17) is 0 Å². The summed E-state index contributed by atoms with van der Waals surface area (Å²) >= 11 is 8.12. The van der Waals surface area contributed by atoms with Crippen LogP contribution in [0.1, 0.15) is 26.4 Å². The van der Waals surface area contributed by atoms with E-state index in [0.717, 1.165) is 14.9 Å². The minimum atomic E-state index is -0.240. The van der Waals surface area contributed by atoms with Crippen LogP contribution in [0.3, 0.4) is 0 Å². The maximum absolute atomic E-state index is 12.3. The van der Waals surface area contributed by atoms with E-state index in [2.05, 4.69) is 43.2 Å². The van der Waals surface area contributed by atoms with Crippen molar-refractivity contribution in [3.63, 3.8) is 0 Å². The lowest BCUT2D eigenvalue weighted by Gasteiger charge is -2.06. The number of carbonyl (C=O) groups is 1. The van der Waals surface area contributed by atoms with Gasteiger partial charge in [-0.15, -0.1) is 11.3 Å². The predicted octanol–water partition coefficient (Wildman–Crippen LogP) is 5.01. The van der Waals surface area contributed by atoms with Gasteiger partial charge in [-0.3, -0.25) is 4.79 Å². The Balaban J connectivity index is 2.36. The Labute approximate surface area is 137 Å². The molecule has 0 bridgehead atoms. The van der Waals surface area contributed by atoms with E-state index in [0.29, 0.717) is 20.6 Å². The lowest BCUT2D eigenvalue weighted by Crippen LogP contribution is -2.12. The van der Waals surface area contributed by atoms with Crippen LogP contribution in [0.25, 0.3) is 0 Å². The van der Waals surface area contributed by atoms with Gasteiger partial charge >= 0.3 is 0 Å². The quantitative estimate of drug-likeness (QED) is 0.751. The maximum Gasteiger partial charge on any atom is 0.257 e. The van der Waals surface area contributed by atoms with Gasteiger partial charge in [-0.1, -0.05) is 15.9 Å². The molecule has 0 saturated heterocycles. The van der Waals surface area contributed by atoms with E-state index in [9.17, 15) is 10.1 Å². The number of aryl methyl sites for hydroxylation is 1. The molecule has 1 amide bonds. The first-order valence-electron chi connectivity index (χ1n) is 5.70. The number of carbonyl (C=O) groups excluding carboxylic acids is 1. The van der Waals surface area contributed by atoms with Crippen molar-refractivity contribution in [3.8, 4) is 6.07 Å². The fraction of sp³-hybridized carbons (Fsp3) is 0.143. The molecule has 0 aliphatic rings. The summed E-state index contributed by atoms with van der Waals surface area (Å²) < 4.78 is 1.53. The van der Waals surface area contributed by atoms with Gasteiger partial charge in [0.05, 0.1) is 11.1 Å². The molecular weight excluding hydrogens is 404 g/mol. The molecule has 2 aromatic rings. The van der Waals surface area contributed by atoms with Crippen molar-refractivity contribution in [1.29, 1.82) is 5.26 Å². The van der Waals surface area contributed by atoms with Gasteiger partial charge in [0.25, 0.3) is 5.91 Å². The zero-order valence-electron chi connectivity index (χ0n) is 10.8. The van der Waals surface area contributed by atoms with Crippen LogP contribution >= 0.6 is 43.2 Å². The van der Waals surface area contributed by atoms with Crippen molar-refractivity contribution in [1.82, 2.24) is 0 Å². The predicted molar refractivity (Wildman–Crippen MR) is 88.3 cm³/mol. The third kappa shape index (κ3) is 2.95. The number of rotatable bonds is 2. The lowest BCUT2D eigenvalue weighted by molar-refractivity contribution is 0.102. The number of nitriles is 1. The molecule has 3 nitrogen and oxygen atoms in total. The molecule has 0 atom stereocenters. The van der Waals surface area contributed by atoms with E-state index < -0.39 is 0 Å². The Kier molecular flexibility index (Phi) is 4.63. The molecule has 1 N–H and O–H groups in total. The van der Waals surface area contributed by atoms with Gasteiger partial charge in [-0.05, 0) is 53.5 Å². The second-order valence-corrected chi connectivity index (χ2v) is 7.17. The van der Waals surface area contributed by atoms with Crippen LogP contribution in [0.2, 0.25) is 0 Å². The maximum atomic E-state index is 12.3. The Bertz CT molecular complexity index is 732. The Hall–Kier alpha value is -1.16. The highest BCUT2D eigenvalue weighted by molar-refractivity contribution is 9.11. The van der Waals surface area contributed by atoms with Crippen molar-refractivity contribution in [2.75, 3.05) is 5.32 Å². The number of nitrogens with one attached hydrogen (secondary N) is 1. The van der Waals surface area contributed by atoms with Crippen LogP contribution in [-0.4, -0.2) is 5.91 Å². The average molecular weight is 414 g/mol. The van der Waals surface area contributed by atoms with Gasteiger partial charge in [-0.25, -0.2) is 0 Å². The molecule has 0 saturated carbocycles. The molecule has 1 heterocycles. The summed E-state index contributed by atoms with van der Waals surface area (Å²) in [6, 6.07) is 7.53. The molecule has 0 spiro atoms. The van der Waals surface area contributed by atoms with Crippen LogP contribution < -0.4 is 5.32 Å². The normalized spacial score (nSPS) is 10.2. The first-order chi connectivity index (χ1) is 9.43. The minimum Gasteiger partial charge on any atom is -0.312 e. The van der Waals surface area contributed by atoms with Gasteiger partial charge in [0.1, 0.15) is 11.1 Å². The van der Waals surface area contributed by atoms with Gasteiger partial charge in [0, 0.05) is 13.8 Å². The van der Waals surface area contributed by atoms with Crippen molar-refractivity contribution in [2.45, 2.75) is 13.8 Å². The van der Waals surface area contributed by atoms with Crippen LogP contribution in [-0.2, 0) is 0 Å². The molecule has 0 unspecified atom stereocenters. The van der Waals surface area contributed by atoms with Gasteiger partial charge < -0.3 is 5.32 Å². The van der Waals surface area contributed by atoms with Gasteiger partial charge in [0.2, 0.25) is 0 Å². The summed E-state index contributed by atoms with van der Waals surface area (Å²) in [5, 5.41) is 12.6. The first kappa shape index (κ1) is 15.2. The molecule has 102 valence electrons. The molecule has 20 heavy (non-hydrogen) atoms. The topological polar surface area (TPSA) is 52.9 Å². The number of anilines is 1. The molecule has 1 aromatic carbocycles. The Morgan fingerprint density at radius 3 is 2.70 bits per heavy atom. The number of hydrogen-bond acceptors (Lipinski definition) is 3. The second kappa shape index (κ2) is 6.08. The molecule has 1 aromatic heterocycles. The van der Waals surface area contributed by atoms with E-state index >= 15 is 0 Å². The number of benzene rings is 1. The molecule has 0 aliphatic carbocycles. The van der Waals surface area contributed by atoms with Crippen molar-refractivity contribution >= 4 is 54.1 Å². The lowest BCUT2D eigenvalue weighted by atomic mass is 10.2. The molecule has 0 radical (unpaired) electrons. The fourth-order valence-electron chi connectivity index (χ4n) is 1.69. The largest absolute Gasteiger partial charge is 0.312 e. The fourth-order valence-corrected chi connectivity index (χ4v) is 3.49. The van der Waals surface area contributed by atoms with Crippen molar-refractivity contribution < 1.29 is 4.79 Å². The van der Waals surface area contributed by atoms with Crippen molar-refractivity contribution in [3.05, 3.63) is 48.7 Å². The zero-order valence-corrected chi connectivity index (χ0v) is 14.7. The molecule has 0 aliphatic heterocycles. The summed E-state index contributed by atoms with van der Waals surface area (Å²) in [6.07, 6.45) is 0. The SMILES string of the molecule is Cc1sc(NC(=O)c2cc(Br)ccc2Br)c(C#N)c1C. The van der Waals surface area contributed by atoms with Gasteiger partial charge in [-0.2, -0.15) is 5.26 Å². The highest BCUT2D eigenvalue weighted by atomic mass is 79.9. The van der Waals surface area contributed by atoms with E-state index in [1.807, 2.05) is 19.9 Å². The summed E-state index contributed by atoms with van der Waals surface area (Å²) in [4.78, 5) is 13.3. The summed E-state index contributed by atoms with van der Waals surface area (Å²) in [7, 11) is 0. The second-order valence-electron chi connectivity index (χ2n) is 4.18. The summed E-state index contributed by atoms with van der Waals surface area (Å²) in [5.41, 5.74) is 1.97. The Morgan fingerprint density at radius 1 is 1.35 bits per heavy atom. The minimum absolute atomic E-state index is 0.240. The average Bonchev–Trinajstić information content (AvgIpc) is 2.67. The number of halogens is 2. The zero-order chi connectivity index (χ0) is 14.9. The van der Waals surface area contributed by atoms with Gasteiger partial charge in [0.15, 0.2) is 0 Å². The molecule has 6 heteroatoms. The molecular formula is C14H10Br2N2OS. The number of thiophene rings is 1. The highest BCUT2D eigenvalue weighted by Crippen LogP contribution is 2.32. The number of nitrogens with zero attached hydrogens (tertiary/aromatic N) is 1. The molecule has 0 fully saturated rings. The third-order valence-corrected chi connectivity index (χ3v) is 5.20. The van der Waals surface area contributed by atoms with Crippen LogP contribution in [0.5, 0.6) is 0 Å². The highest BCUT2D eigenvalue weighted by Gasteiger charge is 2.17. The van der Waals surface area contributed by atoms with Crippen LogP contribution in [0.15, 0.2) is 27.1 Å². The van der Waals surface area contributed by atoms with E-state index in [-0.39, 0.29) is 5.91 Å². The Morgan fingerprint density at radius 2 is 2.05 bits per heavy atom.